The van der Waals surface area contributed by atoms with Crippen molar-refractivity contribution < 1.29 is 9.59 Å². The zero-order chi connectivity index (χ0) is 24.5. The van der Waals surface area contributed by atoms with E-state index < -0.39 is 0 Å². The SMILES string of the molecule is [B]Cc1ccc2c(c1)ncn2CNC(=O)NC.[B]Cc1cnn2c(CNC(=O)NC)cnc2c1. The van der Waals surface area contributed by atoms with Crippen molar-refractivity contribution >= 4 is 44.4 Å². The molecule has 0 saturated carbocycles. The van der Waals surface area contributed by atoms with Gasteiger partial charge in [-0.3, -0.25) is 0 Å². The Bertz CT molecular complexity index is 1170. The number of hydrogen-bond acceptors (Lipinski definition) is 5. The molecule has 0 spiro atoms. The summed E-state index contributed by atoms with van der Waals surface area (Å²) in [6, 6.07) is 7.28. The predicted molar refractivity (Wildman–Crippen MR) is 131 cm³/mol. The quantitative estimate of drug-likeness (QED) is 0.312. The first-order chi connectivity index (χ1) is 16.5. The number of imidazole rings is 2. The standard InChI is InChI=1S/C11H13BN4O.C10H12BN5O/c1-13-11(17)15-7-16-6-14-9-4-8(5-12)2-3-10(9)16;1-12-10(17)14-6-8-5-13-9-2-7(3-11)4-15-16(8)9/h2-4,6H,5,7H2,1H3,(H2,13,15,17);2,4-5H,3,6H2,1H3,(H2,12,14,17). The van der Waals surface area contributed by atoms with Crippen LogP contribution < -0.4 is 21.3 Å². The van der Waals surface area contributed by atoms with Gasteiger partial charge in [-0.25, -0.2) is 24.1 Å². The van der Waals surface area contributed by atoms with Crippen molar-refractivity contribution in [3.63, 3.8) is 0 Å². The Morgan fingerprint density at radius 1 is 0.941 bits per heavy atom. The van der Waals surface area contributed by atoms with E-state index in [-0.39, 0.29) is 12.1 Å². The lowest BCUT2D eigenvalue weighted by Gasteiger charge is -2.06. The van der Waals surface area contributed by atoms with Gasteiger partial charge in [0.1, 0.15) is 0 Å². The molecule has 0 aliphatic heterocycles. The highest BCUT2D eigenvalue weighted by Gasteiger charge is 2.06. The predicted octanol–water partition coefficient (Wildman–Crippen LogP) is 0.418. The second-order valence-corrected chi connectivity index (χ2v) is 7.18. The largest absolute Gasteiger partial charge is 0.341 e. The number of carbonyl (C=O) groups excluding carboxylic acids is 2. The lowest BCUT2D eigenvalue weighted by atomic mass is 9.97. The summed E-state index contributed by atoms with van der Waals surface area (Å²) in [7, 11) is 14.2. The Hall–Kier alpha value is -4.02. The van der Waals surface area contributed by atoms with E-state index in [0.717, 1.165) is 33.5 Å². The Balaban J connectivity index is 0.000000191. The topological polar surface area (TPSA) is 130 Å². The molecule has 0 aliphatic carbocycles. The van der Waals surface area contributed by atoms with E-state index in [1.807, 2.05) is 28.8 Å². The Kier molecular flexibility index (Phi) is 8.49. The average molecular weight is 457 g/mol. The van der Waals surface area contributed by atoms with Crippen LogP contribution in [-0.4, -0.2) is 66.0 Å². The third kappa shape index (κ3) is 6.06. The molecule has 3 heterocycles. The van der Waals surface area contributed by atoms with Gasteiger partial charge >= 0.3 is 12.1 Å². The molecule has 4 amide bonds. The second kappa shape index (κ2) is 11.7. The molecule has 4 aromatic rings. The summed E-state index contributed by atoms with van der Waals surface area (Å²) in [4.78, 5) is 30.6. The van der Waals surface area contributed by atoms with Gasteiger partial charge in [0.15, 0.2) is 5.65 Å². The fourth-order valence-corrected chi connectivity index (χ4v) is 3.06. The van der Waals surface area contributed by atoms with Crippen LogP contribution in [0.15, 0.2) is 43.0 Å². The maximum Gasteiger partial charge on any atom is 0.315 e. The van der Waals surface area contributed by atoms with Gasteiger partial charge in [-0.15, -0.1) is 0 Å². The summed E-state index contributed by atoms with van der Waals surface area (Å²) in [6.07, 6.45) is 6.00. The van der Waals surface area contributed by atoms with E-state index in [0.29, 0.717) is 25.9 Å². The van der Waals surface area contributed by atoms with Gasteiger partial charge in [0.05, 0.1) is 64.4 Å². The molecule has 11 nitrogen and oxygen atoms in total. The van der Waals surface area contributed by atoms with Crippen molar-refractivity contribution in [2.75, 3.05) is 14.1 Å². The lowest BCUT2D eigenvalue weighted by molar-refractivity contribution is 0.240. The van der Waals surface area contributed by atoms with E-state index in [9.17, 15) is 9.59 Å². The summed E-state index contributed by atoms with van der Waals surface area (Å²) >= 11 is 0. The number of nitrogens with one attached hydrogen (secondary N) is 4. The summed E-state index contributed by atoms with van der Waals surface area (Å²) in [5.41, 5.74) is 5.36. The number of hydrogen-bond donors (Lipinski definition) is 4. The molecule has 172 valence electrons. The minimum atomic E-state index is -0.237. The highest BCUT2D eigenvalue weighted by atomic mass is 16.2. The molecule has 4 N–H and O–H groups in total. The number of amides is 4. The van der Waals surface area contributed by atoms with Crippen LogP contribution in [-0.2, 0) is 25.9 Å². The zero-order valence-corrected chi connectivity index (χ0v) is 19.1. The van der Waals surface area contributed by atoms with Crippen molar-refractivity contribution in [3.8, 4) is 0 Å². The fourth-order valence-electron chi connectivity index (χ4n) is 3.06. The van der Waals surface area contributed by atoms with Crippen LogP contribution in [0.2, 0.25) is 0 Å². The van der Waals surface area contributed by atoms with Gasteiger partial charge in [0.2, 0.25) is 0 Å². The number of nitrogens with zero attached hydrogens (tertiary/aromatic N) is 5. The van der Waals surface area contributed by atoms with Crippen molar-refractivity contribution in [2.45, 2.75) is 25.9 Å². The molecule has 4 radical (unpaired) electrons. The van der Waals surface area contributed by atoms with Crippen molar-refractivity contribution in [1.29, 1.82) is 0 Å². The monoisotopic (exact) mass is 457 g/mol. The van der Waals surface area contributed by atoms with Crippen molar-refractivity contribution in [1.82, 2.24) is 45.4 Å². The Labute approximate surface area is 199 Å². The molecule has 13 heteroatoms. The van der Waals surface area contributed by atoms with Gasteiger partial charge in [0.25, 0.3) is 0 Å². The molecule has 4 rings (SSSR count). The maximum atomic E-state index is 11.1. The van der Waals surface area contributed by atoms with Gasteiger partial charge in [-0.1, -0.05) is 24.3 Å². The first-order valence-corrected chi connectivity index (χ1v) is 10.6. The van der Waals surface area contributed by atoms with Crippen LogP contribution in [0.25, 0.3) is 16.7 Å². The van der Waals surface area contributed by atoms with Crippen LogP contribution in [0.4, 0.5) is 9.59 Å². The maximum absolute atomic E-state index is 11.1. The van der Waals surface area contributed by atoms with Crippen LogP contribution in [0.3, 0.4) is 0 Å². The van der Waals surface area contributed by atoms with Gasteiger partial charge in [0, 0.05) is 14.1 Å². The molecule has 0 unspecified atom stereocenters. The first-order valence-electron chi connectivity index (χ1n) is 10.6. The highest BCUT2D eigenvalue weighted by Crippen LogP contribution is 2.14. The molecular formula is C21H25B2N9O2. The van der Waals surface area contributed by atoms with Gasteiger partial charge < -0.3 is 25.8 Å². The van der Waals surface area contributed by atoms with Crippen molar-refractivity contribution in [3.05, 3.63) is 59.8 Å². The second-order valence-electron chi connectivity index (χ2n) is 7.18. The van der Waals surface area contributed by atoms with Crippen LogP contribution in [0.5, 0.6) is 0 Å². The molecule has 0 aliphatic rings. The minimum absolute atomic E-state index is 0.217. The van der Waals surface area contributed by atoms with E-state index in [1.54, 1.807) is 37.3 Å². The van der Waals surface area contributed by atoms with E-state index >= 15 is 0 Å². The number of aromatic nitrogens is 5. The zero-order valence-electron chi connectivity index (χ0n) is 19.1. The number of rotatable bonds is 6. The normalized spacial score (nSPS) is 10.4. The Morgan fingerprint density at radius 2 is 1.68 bits per heavy atom. The third-order valence-corrected chi connectivity index (χ3v) is 4.94. The summed E-state index contributed by atoms with van der Waals surface area (Å²) < 4.78 is 3.54. The van der Waals surface area contributed by atoms with Crippen LogP contribution in [0.1, 0.15) is 16.8 Å². The molecule has 0 saturated heterocycles. The minimum Gasteiger partial charge on any atom is -0.341 e. The van der Waals surface area contributed by atoms with E-state index in [1.165, 1.54) is 0 Å². The summed E-state index contributed by atoms with van der Waals surface area (Å²) in [6.45, 7) is 0.758. The molecular weight excluding hydrogens is 432 g/mol. The third-order valence-electron chi connectivity index (χ3n) is 4.94. The summed E-state index contributed by atoms with van der Waals surface area (Å²) in [5.74, 6) is 0. The molecule has 0 atom stereocenters. The summed E-state index contributed by atoms with van der Waals surface area (Å²) in [5, 5.41) is 14.6. The van der Waals surface area contributed by atoms with E-state index in [2.05, 4.69) is 36.3 Å². The van der Waals surface area contributed by atoms with Gasteiger partial charge in [-0.05, 0) is 23.8 Å². The molecule has 0 bridgehead atoms. The number of fused-ring (bicyclic) bond motifs is 2. The van der Waals surface area contributed by atoms with Crippen LogP contribution >= 0.6 is 0 Å². The van der Waals surface area contributed by atoms with Gasteiger partial charge in [-0.2, -0.15) is 5.10 Å². The average Bonchev–Trinajstić information content (AvgIpc) is 3.48. The molecule has 0 fully saturated rings. The lowest BCUT2D eigenvalue weighted by Crippen LogP contribution is -2.33. The van der Waals surface area contributed by atoms with E-state index in [4.69, 9.17) is 15.7 Å². The van der Waals surface area contributed by atoms with Crippen molar-refractivity contribution in [2.24, 2.45) is 0 Å². The number of benzene rings is 1. The molecule has 1 aromatic carbocycles. The highest BCUT2D eigenvalue weighted by molar-refractivity contribution is 6.08. The Morgan fingerprint density at radius 3 is 2.38 bits per heavy atom. The number of carbonyl (C=O) groups is 2. The van der Waals surface area contributed by atoms with Crippen LogP contribution in [0, 0.1) is 0 Å². The number of urea groups is 2. The fraction of sp³-hybridized carbons (Fsp3) is 0.286. The molecule has 34 heavy (non-hydrogen) atoms. The first kappa shape index (κ1) is 24.6. The molecule has 3 aromatic heterocycles. The smallest absolute Gasteiger partial charge is 0.315 e.